The van der Waals surface area contributed by atoms with E-state index in [1.807, 2.05) is 30.5 Å². The third kappa shape index (κ3) is 7.13. The molecule has 0 saturated heterocycles. The first-order valence-electron chi connectivity index (χ1n) is 15.6. The number of rotatable bonds is 11. The van der Waals surface area contributed by atoms with Crippen molar-refractivity contribution in [1.29, 1.82) is 0 Å². The third-order valence-corrected chi connectivity index (χ3v) is 9.55. The normalized spacial score (nSPS) is 12.5. The van der Waals surface area contributed by atoms with Crippen LogP contribution in [0.1, 0.15) is 34.7 Å². The Balaban J connectivity index is 1.21. The van der Waals surface area contributed by atoms with Gasteiger partial charge >= 0.3 is 0 Å². The smallest absolute Gasteiger partial charge is 0.246 e. The van der Waals surface area contributed by atoms with Crippen molar-refractivity contribution in [3.63, 3.8) is 0 Å². The van der Waals surface area contributed by atoms with Crippen molar-refractivity contribution in [2.75, 3.05) is 31.3 Å². The number of thiophene rings is 1. The van der Waals surface area contributed by atoms with Gasteiger partial charge in [-0.2, -0.15) is 0 Å². The monoisotopic (exact) mass is 655 g/mol. The van der Waals surface area contributed by atoms with Gasteiger partial charge in [0.2, 0.25) is 11.8 Å². The van der Waals surface area contributed by atoms with Gasteiger partial charge in [0, 0.05) is 66.0 Å². The van der Waals surface area contributed by atoms with Gasteiger partial charge in [-0.3, -0.25) is 9.59 Å². The highest BCUT2D eigenvalue weighted by atomic mass is 32.1. The lowest BCUT2D eigenvalue weighted by Gasteiger charge is -2.27. The highest BCUT2D eigenvalue weighted by Gasteiger charge is 2.21. The van der Waals surface area contributed by atoms with E-state index in [2.05, 4.69) is 82.0 Å². The second kappa shape index (κ2) is 13.9. The van der Waals surface area contributed by atoms with Crippen LogP contribution in [0.4, 0.5) is 11.6 Å². The average Bonchev–Trinajstić information content (AvgIpc) is 3.68. The zero-order chi connectivity index (χ0) is 33.8. The summed E-state index contributed by atoms with van der Waals surface area (Å²) in [5, 5.41) is 2.45. The molecule has 0 aliphatic rings. The van der Waals surface area contributed by atoms with E-state index in [-0.39, 0.29) is 18.5 Å². The Morgan fingerprint density at radius 3 is 2.42 bits per heavy atom. The number of nitrogen functional groups attached to an aromatic ring is 1. The highest BCUT2D eigenvalue weighted by Crippen LogP contribution is 2.33. The molecule has 4 N–H and O–H groups in total. The summed E-state index contributed by atoms with van der Waals surface area (Å²) in [6, 6.07) is 28.8. The number of nitrogens with zero attached hydrogens (tertiary/aromatic N) is 5. The van der Waals surface area contributed by atoms with Gasteiger partial charge in [-0.05, 0) is 89.0 Å². The number of carbonyl (C=O) groups excluding carboxylic acids is 2. The van der Waals surface area contributed by atoms with Gasteiger partial charge in [-0.15, -0.1) is 11.3 Å². The van der Waals surface area contributed by atoms with Crippen molar-refractivity contribution in [2.24, 2.45) is 5.73 Å². The van der Waals surface area contributed by atoms with Crippen molar-refractivity contribution in [3.8, 4) is 0 Å². The van der Waals surface area contributed by atoms with Crippen LogP contribution in [0.3, 0.4) is 0 Å². The molecule has 10 heteroatoms. The quantitative estimate of drug-likeness (QED) is 0.153. The molecule has 0 aliphatic carbocycles. The largest absolute Gasteiger partial charge is 0.384 e. The Bertz CT molecular complexity index is 2110. The number of aromatic nitrogens is 3. The number of benzene rings is 2. The zero-order valence-electron chi connectivity index (χ0n) is 27.1. The summed E-state index contributed by atoms with van der Waals surface area (Å²) >= 11 is 1.83. The van der Waals surface area contributed by atoms with Gasteiger partial charge in [0.1, 0.15) is 11.6 Å². The number of anilines is 2. The second-order valence-electron chi connectivity index (χ2n) is 11.8. The summed E-state index contributed by atoms with van der Waals surface area (Å²) in [6.45, 7) is 3.11. The maximum absolute atomic E-state index is 12.9. The van der Waals surface area contributed by atoms with Crippen molar-refractivity contribution < 1.29 is 9.59 Å². The van der Waals surface area contributed by atoms with E-state index in [9.17, 15) is 9.59 Å². The fraction of sp³-hybridized carbons (Fsp3) is 0.158. The molecule has 242 valence electrons. The van der Waals surface area contributed by atoms with Crippen molar-refractivity contribution in [3.05, 3.63) is 131 Å². The summed E-state index contributed by atoms with van der Waals surface area (Å²) < 4.78 is 3.68. The molecule has 6 rings (SSSR count). The first-order chi connectivity index (χ1) is 23.2. The van der Waals surface area contributed by atoms with Crippen LogP contribution in [0.2, 0.25) is 0 Å². The van der Waals surface area contributed by atoms with Crippen molar-refractivity contribution >= 4 is 67.4 Å². The van der Waals surface area contributed by atoms with E-state index in [0.717, 1.165) is 17.9 Å². The topological polar surface area (TPSA) is 123 Å². The van der Waals surface area contributed by atoms with Gasteiger partial charge < -0.3 is 25.8 Å². The number of primary amides is 1. The molecular weight excluding hydrogens is 619 g/mol. The first kappa shape index (κ1) is 32.2. The van der Waals surface area contributed by atoms with Crippen LogP contribution < -0.4 is 16.4 Å². The maximum atomic E-state index is 12.9. The number of para-hydroxylation sites is 1. The molecule has 4 heterocycles. The lowest BCUT2D eigenvalue weighted by molar-refractivity contribution is -0.124. The molecule has 1 atom stereocenters. The highest BCUT2D eigenvalue weighted by molar-refractivity contribution is 7.19. The number of carbonyl (C=O) groups is 2. The van der Waals surface area contributed by atoms with Gasteiger partial charge in [0.05, 0.1) is 12.6 Å². The fourth-order valence-corrected chi connectivity index (χ4v) is 6.80. The van der Waals surface area contributed by atoms with Gasteiger partial charge in [-0.1, -0.05) is 36.4 Å². The molecular formula is C38H37N7O2S. The molecule has 2 amide bonds. The molecule has 48 heavy (non-hydrogen) atoms. The van der Waals surface area contributed by atoms with E-state index in [1.165, 1.54) is 48.6 Å². The van der Waals surface area contributed by atoms with E-state index in [1.54, 1.807) is 37.7 Å². The number of nitrogens with two attached hydrogens (primary N) is 2. The molecule has 9 nitrogen and oxygen atoms in total. The van der Waals surface area contributed by atoms with Crippen LogP contribution in [0, 0.1) is 0 Å². The molecule has 1 unspecified atom stereocenters. The Morgan fingerprint density at radius 1 is 0.938 bits per heavy atom. The van der Waals surface area contributed by atoms with Gasteiger partial charge in [-0.25, -0.2) is 9.97 Å². The summed E-state index contributed by atoms with van der Waals surface area (Å²) in [7, 11) is 3.70. The maximum Gasteiger partial charge on any atom is 0.246 e. The fourth-order valence-electron chi connectivity index (χ4n) is 5.74. The van der Waals surface area contributed by atoms with Crippen molar-refractivity contribution in [2.45, 2.75) is 19.5 Å². The first-order valence-corrected chi connectivity index (χ1v) is 16.4. The molecule has 0 saturated carbocycles. The molecule has 0 spiro atoms. The van der Waals surface area contributed by atoms with E-state index >= 15 is 0 Å². The van der Waals surface area contributed by atoms with Crippen LogP contribution in [-0.4, -0.2) is 51.9 Å². The second-order valence-corrected chi connectivity index (χ2v) is 12.9. The van der Waals surface area contributed by atoms with Crippen LogP contribution in [-0.2, 0) is 16.1 Å². The van der Waals surface area contributed by atoms with Crippen LogP contribution in [0.25, 0.3) is 32.6 Å². The average molecular weight is 656 g/mol. The van der Waals surface area contributed by atoms with E-state index < -0.39 is 5.91 Å². The predicted molar refractivity (Wildman–Crippen MR) is 196 cm³/mol. The molecule has 0 bridgehead atoms. The van der Waals surface area contributed by atoms with Crippen molar-refractivity contribution in [1.82, 2.24) is 19.4 Å². The lowest BCUT2D eigenvalue weighted by Crippen LogP contribution is -2.27. The Kier molecular flexibility index (Phi) is 9.36. The Labute approximate surface area is 283 Å². The predicted octanol–water partition coefficient (Wildman–Crippen LogP) is 6.51. The molecule has 2 aromatic carbocycles. The van der Waals surface area contributed by atoms with Gasteiger partial charge in [0.25, 0.3) is 0 Å². The summed E-state index contributed by atoms with van der Waals surface area (Å²) in [5.41, 5.74) is 15.6. The van der Waals surface area contributed by atoms with Gasteiger partial charge in [0.15, 0.2) is 0 Å². The van der Waals surface area contributed by atoms with Crippen LogP contribution in [0.15, 0.2) is 109 Å². The standard InChI is InChI=1S/C38H37N7O2S/c1-25(33-19-27-8-4-6-10-32(27)45(33)24-31-18-28-9-5-7-11-34(28)48-31)44(3)37-16-14-29(22-42-37)30(20-36(40)46)23-43(2)38(47)17-13-26-12-15-35(39)41-21-26/h4-22,25H,23-24H2,1-3H3,(H2,39,41)(H2,40,46). The minimum Gasteiger partial charge on any atom is -0.384 e. The molecule has 4 aromatic heterocycles. The Morgan fingerprint density at radius 2 is 1.71 bits per heavy atom. The minimum atomic E-state index is -0.601. The number of fused-ring (bicyclic) bond motifs is 2. The molecule has 6 aromatic rings. The SMILES string of the molecule is CC(c1cc2ccccc2n1Cc1cc2ccccc2s1)N(C)c1ccc(C(=CC(N)=O)CN(C)C(=O)C=Cc2ccc(N)nc2)cn1. The number of hydrogen-bond donors (Lipinski definition) is 2. The van der Waals surface area contributed by atoms with E-state index in [4.69, 9.17) is 16.5 Å². The lowest BCUT2D eigenvalue weighted by atomic mass is 10.1. The number of amides is 2. The Hall–Kier alpha value is -5.74. The summed E-state index contributed by atoms with van der Waals surface area (Å²) in [5.74, 6) is 0.332. The summed E-state index contributed by atoms with van der Waals surface area (Å²) in [6.07, 6.45) is 7.76. The number of hydrogen-bond acceptors (Lipinski definition) is 7. The van der Waals surface area contributed by atoms with Crippen LogP contribution in [0.5, 0.6) is 0 Å². The molecule has 0 aliphatic heterocycles. The van der Waals surface area contributed by atoms with E-state index in [0.29, 0.717) is 17.0 Å². The molecule has 0 radical (unpaired) electrons. The zero-order valence-corrected chi connectivity index (χ0v) is 27.9. The van der Waals surface area contributed by atoms with Crippen LogP contribution >= 0.6 is 11.3 Å². The molecule has 0 fully saturated rings. The number of likely N-dealkylation sites (N-methyl/N-ethyl adjacent to an activating group) is 1. The minimum absolute atomic E-state index is 0.00226. The third-order valence-electron chi connectivity index (χ3n) is 8.45. The number of pyridine rings is 2. The summed E-state index contributed by atoms with van der Waals surface area (Å²) in [4.78, 5) is 38.6.